The van der Waals surface area contributed by atoms with Crippen molar-refractivity contribution >= 4 is 17.5 Å². The molecule has 5 nitrogen and oxygen atoms in total. The molecule has 1 aromatic rings. The predicted octanol–water partition coefficient (Wildman–Crippen LogP) is 3.37. The number of amides is 2. The number of anilines is 1. The van der Waals surface area contributed by atoms with Crippen molar-refractivity contribution in [1.82, 2.24) is 9.80 Å². The van der Waals surface area contributed by atoms with Gasteiger partial charge in [0.15, 0.2) is 0 Å². The maximum absolute atomic E-state index is 12.6. The van der Waals surface area contributed by atoms with E-state index in [0.717, 1.165) is 50.9 Å². The van der Waals surface area contributed by atoms with Crippen LogP contribution in [0.4, 0.5) is 18.9 Å². The van der Waals surface area contributed by atoms with E-state index in [4.69, 9.17) is 0 Å². The summed E-state index contributed by atoms with van der Waals surface area (Å²) in [5.41, 5.74) is -0.404. The Morgan fingerprint density at radius 2 is 1.57 bits per heavy atom. The average molecular weight is 397 g/mol. The van der Waals surface area contributed by atoms with Crippen molar-refractivity contribution in [1.29, 1.82) is 0 Å². The molecule has 0 saturated carbocycles. The Morgan fingerprint density at radius 1 is 0.964 bits per heavy atom. The highest BCUT2D eigenvalue weighted by atomic mass is 19.4. The molecular weight excluding hydrogens is 371 g/mol. The van der Waals surface area contributed by atoms with Crippen molar-refractivity contribution in [3.8, 4) is 0 Å². The van der Waals surface area contributed by atoms with Crippen LogP contribution in [0.2, 0.25) is 0 Å². The number of benzene rings is 1. The van der Waals surface area contributed by atoms with E-state index in [-0.39, 0.29) is 24.3 Å². The average Bonchev–Trinajstić information content (AvgIpc) is 2.68. The van der Waals surface area contributed by atoms with Gasteiger partial charge < -0.3 is 10.2 Å². The zero-order chi connectivity index (χ0) is 20.1. The Kier molecular flexibility index (Phi) is 6.59. The minimum Gasteiger partial charge on any atom is -0.342 e. The van der Waals surface area contributed by atoms with Crippen LogP contribution in [-0.2, 0) is 15.8 Å². The zero-order valence-corrected chi connectivity index (χ0v) is 15.8. The standard InChI is InChI=1S/C20H26F3N3O2/c21-20(22,23)16-4-6-17(7-5-16)24-18(27)14-25-12-8-15(9-13-25)19(28)26-10-2-1-3-11-26/h4-7,15H,1-3,8-14H2,(H,24,27). The van der Waals surface area contributed by atoms with Gasteiger partial charge >= 0.3 is 6.18 Å². The lowest BCUT2D eigenvalue weighted by atomic mass is 9.94. The summed E-state index contributed by atoms with van der Waals surface area (Å²) in [6.45, 7) is 3.23. The SMILES string of the molecule is O=C(CN1CCC(C(=O)N2CCCCC2)CC1)Nc1ccc(C(F)(F)F)cc1. The van der Waals surface area contributed by atoms with E-state index in [1.54, 1.807) is 0 Å². The van der Waals surface area contributed by atoms with Gasteiger partial charge in [-0.2, -0.15) is 13.2 Å². The van der Waals surface area contributed by atoms with Gasteiger partial charge in [0.25, 0.3) is 0 Å². The van der Waals surface area contributed by atoms with E-state index < -0.39 is 11.7 Å². The van der Waals surface area contributed by atoms with E-state index in [0.29, 0.717) is 18.8 Å². The van der Waals surface area contributed by atoms with Crippen molar-refractivity contribution in [3.63, 3.8) is 0 Å². The fourth-order valence-electron chi connectivity index (χ4n) is 3.86. The lowest BCUT2D eigenvalue weighted by Crippen LogP contribution is -2.45. The van der Waals surface area contributed by atoms with Gasteiger partial charge in [-0.05, 0) is 69.5 Å². The molecule has 28 heavy (non-hydrogen) atoms. The minimum atomic E-state index is -4.39. The molecule has 0 bridgehead atoms. The molecule has 8 heteroatoms. The summed E-state index contributed by atoms with van der Waals surface area (Å²) in [7, 11) is 0. The van der Waals surface area contributed by atoms with E-state index in [1.165, 1.54) is 18.6 Å². The van der Waals surface area contributed by atoms with Gasteiger partial charge in [0.1, 0.15) is 0 Å². The van der Waals surface area contributed by atoms with Crippen LogP contribution in [0.1, 0.15) is 37.7 Å². The van der Waals surface area contributed by atoms with Crippen LogP contribution in [0.5, 0.6) is 0 Å². The highest BCUT2D eigenvalue weighted by Crippen LogP contribution is 2.29. The number of hydrogen-bond acceptors (Lipinski definition) is 3. The molecule has 1 aromatic carbocycles. The van der Waals surface area contributed by atoms with E-state index >= 15 is 0 Å². The highest BCUT2D eigenvalue weighted by molar-refractivity contribution is 5.92. The quantitative estimate of drug-likeness (QED) is 0.848. The molecule has 2 heterocycles. The second-order valence-corrected chi connectivity index (χ2v) is 7.56. The molecule has 2 saturated heterocycles. The molecule has 2 aliphatic heterocycles. The zero-order valence-electron chi connectivity index (χ0n) is 15.8. The van der Waals surface area contributed by atoms with Crippen LogP contribution in [-0.4, -0.2) is 54.3 Å². The summed E-state index contributed by atoms with van der Waals surface area (Å²) in [5, 5.41) is 2.63. The first-order valence-electron chi connectivity index (χ1n) is 9.81. The van der Waals surface area contributed by atoms with Gasteiger partial charge in [-0.15, -0.1) is 0 Å². The first-order valence-corrected chi connectivity index (χ1v) is 9.81. The predicted molar refractivity (Wildman–Crippen MR) is 99.7 cm³/mol. The molecule has 3 rings (SSSR count). The molecule has 2 aliphatic rings. The third-order valence-corrected chi connectivity index (χ3v) is 5.47. The number of alkyl halides is 3. The number of rotatable bonds is 4. The Hall–Kier alpha value is -2.09. The van der Waals surface area contributed by atoms with Crippen molar-refractivity contribution in [2.75, 3.05) is 38.0 Å². The van der Waals surface area contributed by atoms with Crippen molar-refractivity contribution < 1.29 is 22.8 Å². The topological polar surface area (TPSA) is 52.7 Å². The summed E-state index contributed by atoms with van der Waals surface area (Å²) in [5.74, 6) is 0.0152. The van der Waals surface area contributed by atoms with Gasteiger partial charge in [0, 0.05) is 24.7 Å². The van der Waals surface area contributed by atoms with Crippen LogP contribution < -0.4 is 5.32 Å². The summed E-state index contributed by atoms with van der Waals surface area (Å²) >= 11 is 0. The molecular formula is C20H26F3N3O2. The Labute approximate surface area is 162 Å². The van der Waals surface area contributed by atoms with Crippen molar-refractivity contribution in [3.05, 3.63) is 29.8 Å². The number of piperidine rings is 2. The van der Waals surface area contributed by atoms with Crippen LogP contribution in [0.15, 0.2) is 24.3 Å². The molecule has 2 amide bonds. The highest BCUT2D eigenvalue weighted by Gasteiger charge is 2.31. The first kappa shape index (κ1) is 20.6. The van der Waals surface area contributed by atoms with Crippen LogP contribution in [0, 0.1) is 5.92 Å². The molecule has 2 fully saturated rings. The van der Waals surface area contributed by atoms with Crippen LogP contribution >= 0.6 is 0 Å². The van der Waals surface area contributed by atoms with E-state index in [9.17, 15) is 22.8 Å². The van der Waals surface area contributed by atoms with Gasteiger partial charge in [-0.25, -0.2) is 0 Å². The van der Waals surface area contributed by atoms with Gasteiger partial charge in [0.2, 0.25) is 11.8 Å². The number of nitrogens with one attached hydrogen (secondary N) is 1. The fraction of sp³-hybridized carbons (Fsp3) is 0.600. The number of nitrogens with zero attached hydrogens (tertiary/aromatic N) is 2. The molecule has 154 valence electrons. The van der Waals surface area contributed by atoms with Gasteiger partial charge in [-0.1, -0.05) is 0 Å². The molecule has 0 aliphatic carbocycles. The Morgan fingerprint density at radius 3 is 2.14 bits per heavy atom. The number of halogens is 3. The normalized spacial score (nSPS) is 19.5. The molecule has 0 unspecified atom stereocenters. The summed E-state index contributed by atoms with van der Waals surface area (Å²) in [4.78, 5) is 28.7. The third-order valence-electron chi connectivity index (χ3n) is 5.47. The first-order chi connectivity index (χ1) is 13.3. The van der Waals surface area contributed by atoms with Gasteiger partial charge in [0.05, 0.1) is 12.1 Å². The minimum absolute atomic E-state index is 0.0346. The smallest absolute Gasteiger partial charge is 0.342 e. The molecule has 0 aromatic heterocycles. The van der Waals surface area contributed by atoms with Crippen LogP contribution in [0.3, 0.4) is 0 Å². The van der Waals surface area contributed by atoms with Crippen molar-refractivity contribution in [2.45, 2.75) is 38.3 Å². The Balaban J connectivity index is 1.43. The second kappa shape index (κ2) is 8.94. The number of hydrogen-bond donors (Lipinski definition) is 1. The largest absolute Gasteiger partial charge is 0.416 e. The summed E-state index contributed by atoms with van der Waals surface area (Å²) < 4.78 is 37.7. The number of likely N-dealkylation sites (tertiary alicyclic amines) is 2. The van der Waals surface area contributed by atoms with Crippen molar-refractivity contribution in [2.24, 2.45) is 5.92 Å². The summed E-state index contributed by atoms with van der Waals surface area (Å²) in [6.07, 6.45) is 0.435. The molecule has 0 atom stereocenters. The lowest BCUT2D eigenvalue weighted by molar-refractivity contribution is -0.138. The fourth-order valence-corrected chi connectivity index (χ4v) is 3.86. The number of carbonyl (C=O) groups is 2. The molecule has 0 spiro atoms. The molecule has 1 N–H and O–H groups in total. The third kappa shape index (κ3) is 5.47. The maximum Gasteiger partial charge on any atom is 0.416 e. The van der Waals surface area contributed by atoms with E-state index in [2.05, 4.69) is 5.32 Å². The summed E-state index contributed by atoms with van der Waals surface area (Å²) in [6, 6.07) is 4.41. The Bertz CT molecular complexity index is 677. The monoisotopic (exact) mass is 397 g/mol. The number of carbonyl (C=O) groups excluding carboxylic acids is 2. The van der Waals surface area contributed by atoms with E-state index in [1.807, 2.05) is 9.80 Å². The maximum atomic E-state index is 12.6. The van der Waals surface area contributed by atoms with Gasteiger partial charge in [-0.3, -0.25) is 14.5 Å². The van der Waals surface area contributed by atoms with Crippen LogP contribution in [0.25, 0.3) is 0 Å². The second-order valence-electron chi connectivity index (χ2n) is 7.56. The lowest BCUT2D eigenvalue weighted by Gasteiger charge is -2.35. The molecule has 0 radical (unpaired) electrons.